The van der Waals surface area contributed by atoms with Gasteiger partial charge in [-0.15, -0.1) is 0 Å². The number of aliphatic carboxylic acids is 1. The summed E-state index contributed by atoms with van der Waals surface area (Å²) in [4.78, 5) is 29.4. The Hall–Kier alpha value is -4.61. The number of aromatic nitrogens is 2. The van der Waals surface area contributed by atoms with Crippen molar-refractivity contribution in [3.05, 3.63) is 84.2 Å². The Bertz CT molecular complexity index is 1600. The first kappa shape index (κ1) is 25.1. The van der Waals surface area contributed by atoms with Crippen molar-refractivity contribution in [3.8, 4) is 22.6 Å². The van der Waals surface area contributed by atoms with Crippen molar-refractivity contribution >= 4 is 44.2 Å². The number of rotatable bonds is 9. The molecule has 0 bridgehead atoms. The molecule has 192 valence electrons. The number of amides is 1. The molecule has 1 amide bonds. The van der Waals surface area contributed by atoms with Crippen LogP contribution < -0.4 is 10.6 Å². The monoisotopic (exact) mass is 532 g/mol. The largest absolute Gasteiger partial charge is 0.480 e. The highest BCUT2D eigenvalue weighted by molar-refractivity contribution is 7.22. The standard InChI is InChI=1S/C27H21FN4O5S/c1-36-14-20(26(34)35)30-25(33)22-23(32-37-24(22)16-5-3-2-4-6-16)15-7-10-18(11-8-15)29-27-31-19-12-9-17(28)13-21(19)38-27/h2-13,20H,14H2,1H3,(H,29,31)(H,30,33)(H,34,35)/t20-/m0/s1. The molecule has 5 aromatic rings. The lowest BCUT2D eigenvalue weighted by molar-refractivity contribution is -0.140. The molecule has 0 radical (unpaired) electrons. The van der Waals surface area contributed by atoms with E-state index in [-0.39, 0.29) is 29.4 Å². The highest BCUT2D eigenvalue weighted by Crippen LogP contribution is 2.34. The molecule has 38 heavy (non-hydrogen) atoms. The minimum Gasteiger partial charge on any atom is -0.480 e. The van der Waals surface area contributed by atoms with Crippen LogP contribution >= 0.6 is 11.3 Å². The first-order chi connectivity index (χ1) is 18.4. The summed E-state index contributed by atoms with van der Waals surface area (Å²) in [5.41, 5.74) is 2.96. The van der Waals surface area contributed by atoms with Gasteiger partial charge in [-0.25, -0.2) is 14.2 Å². The summed E-state index contributed by atoms with van der Waals surface area (Å²) in [6, 6.07) is 19.2. The first-order valence-electron chi connectivity index (χ1n) is 11.4. The third kappa shape index (κ3) is 5.24. The van der Waals surface area contributed by atoms with Crippen LogP contribution in [0.25, 0.3) is 32.8 Å². The Morgan fingerprint density at radius 3 is 2.55 bits per heavy atom. The average Bonchev–Trinajstić information content (AvgIpc) is 3.53. The fraction of sp³-hybridized carbons (Fsp3) is 0.111. The van der Waals surface area contributed by atoms with E-state index in [1.807, 2.05) is 6.07 Å². The molecule has 0 aliphatic heterocycles. The van der Waals surface area contributed by atoms with Crippen LogP contribution in [-0.4, -0.2) is 46.9 Å². The van der Waals surface area contributed by atoms with Crippen LogP contribution in [0.2, 0.25) is 0 Å². The van der Waals surface area contributed by atoms with E-state index >= 15 is 0 Å². The van der Waals surface area contributed by atoms with Gasteiger partial charge < -0.3 is 25.0 Å². The molecule has 0 saturated carbocycles. The maximum Gasteiger partial charge on any atom is 0.328 e. The molecule has 0 aliphatic carbocycles. The van der Waals surface area contributed by atoms with Crippen molar-refractivity contribution in [2.45, 2.75) is 6.04 Å². The zero-order valence-electron chi connectivity index (χ0n) is 20.0. The molecule has 0 spiro atoms. The summed E-state index contributed by atoms with van der Waals surface area (Å²) in [5.74, 6) is -2.00. The van der Waals surface area contributed by atoms with Gasteiger partial charge in [0.05, 0.1) is 16.8 Å². The zero-order chi connectivity index (χ0) is 26.6. The number of hydrogen-bond donors (Lipinski definition) is 3. The minimum atomic E-state index is -1.26. The van der Waals surface area contributed by atoms with Crippen molar-refractivity contribution < 1.29 is 28.3 Å². The van der Waals surface area contributed by atoms with Gasteiger partial charge in [-0.1, -0.05) is 59.0 Å². The molecule has 3 N–H and O–H groups in total. The van der Waals surface area contributed by atoms with Gasteiger partial charge in [0.2, 0.25) is 0 Å². The molecule has 11 heteroatoms. The lowest BCUT2D eigenvalue weighted by Gasteiger charge is -2.14. The first-order valence-corrected chi connectivity index (χ1v) is 12.3. The second-order valence-electron chi connectivity index (χ2n) is 8.25. The molecule has 0 saturated heterocycles. The van der Waals surface area contributed by atoms with Gasteiger partial charge in [-0.05, 0) is 30.3 Å². The number of benzene rings is 3. The van der Waals surface area contributed by atoms with Crippen molar-refractivity contribution in [3.63, 3.8) is 0 Å². The summed E-state index contributed by atoms with van der Waals surface area (Å²) in [5, 5.41) is 19.9. The van der Waals surface area contributed by atoms with E-state index in [0.29, 0.717) is 21.8 Å². The average molecular weight is 533 g/mol. The predicted octanol–water partition coefficient (Wildman–Crippen LogP) is 5.33. The van der Waals surface area contributed by atoms with E-state index in [4.69, 9.17) is 9.26 Å². The highest BCUT2D eigenvalue weighted by Gasteiger charge is 2.29. The van der Waals surface area contributed by atoms with Crippen molar-refractivity contribution in [2.75, 3.05) is 19.0 Å². The Labute approximate surface area is 219 Å². The third-order valence-corrected chi connectivity index (χ3v) is 6.59. The molecule has 0 aliphatic rings. The number of thiazole rings is 1. The van der Waals surface area contributed by atoms with Crippen LogP contribution in [0.1, 0.15) is 10.4 Å². The molecule has 0 fully saturated rings. The summed E-state index contributed by atoms with van der Waals surface area (Å²) in [6.07, 6.45) is 0. The Balaban J connectivity index is 1.46. The molecule has 3 aromatic carbocycles. The normalized spacial score (nSPS) is 11.8. The molecule has 0 unspecified atom stereocenters. The second-order valence-corrected chi connectivity index (χ2v) is 9.29. The number of ether oxygens (including phenoxy) is 1. The van der Waals surface area contributed by atoms with Gasteiger partial charge in [-0.2, -0.15) is 0 Å². The van der Waals surface area contributed by atoms with E-state index < -0.39 is 17.9 Å². The van der Waals surface area contributed by atoms with E-state index in [0.717, 1.165) is 10.4 Å². The van der Waals surface area contributed by atoms with Gasteiger partial charge in [-0.3, -0.25) is 4.79 Å². The zero-order valence-corrected chi connectivity index (χ0v) is 20.8. The predicted molar refractivity (Wildman–Crippen MR) is 141 cm³/mol. The van der Waals surface area contributed by atoms with Crippen molar-refractivity contribution in [2.24, 2.45) is 0 Å². The number of anilines is 2. The van der Waals surface area contributed by atoms with Crippen LogP contribution in [0.15, 0.2) is 77.3 Å². The number of nitrogens with one attached hydrogen (secondary N) is 2. The Morgan fingerprint density at radius 2 is 1.84 bits per heavy atom. The topological polar surface area (TPSA) is 127 Å². The van der Waals surface area contributed by atoms with Crippen molar-refractivity contribution in [1.29, 1.82) is 0 Å². The highest BCUT2D eigenvalue weighted by atomic mass is 32.1. The number of carbonyl (C=O) groups is 2. The van der Waals surface area contributed by atoms with Gasteiger partial charge in [0, 0.05) is 23.9 Å². The third-order valence-electron chi connectivity index (χ3n) is 5.65. The lowest BCUT2D eigenvalue weighted by atomic mass is 10.0. The van der Waals surface area contributed by atoms with E-state index in [1.54, 1.807) is 54.6 Å². The number of fused-ring (bicyclic) bond motifs is 1. The molecule has 9 nitrogen and oxygen atoms in total. The number of hydrogen-bond acceptors (Lipinski definition) is 8. The van der Waals surface area contributed by atoms with Crippen molar-refractivity contribution in [1.82, 2.24) is 15.5 Å². The molecule has 2 aromatic heterocycles. The van der Waals surface area contributed by atoms with Gasteiger partial charge in [0.25, 0.3) is 5.91 Å². The SMILES string of the molecule is COC[C@H](NC(=O)c1c(-c2ccc(Nc3nc4ccc(F)cc4s3)cc2)noc1-c1ccccc1)C(=O)O. The minimum absolute atomic E-state index is 0.104. The molecular weight excluding hydrogens is 511 g/mol. The second kappa shape index (κ2) is 10.8. The fourth-order valence-electron chi connectivity index (χ4n) is 3.84. The van der Waals surface area contributed by atoms with E-state index in [2.05, 4.69) is 20.8 Å². The van der Waals surface area contributed by atoms with Crippen LogP contribution in [0.3, 0.4) is 0 Å². The van der Waals surface area contributed by atoms with Gasteiger partial charge in [0.15, 0.2) is 16.9 Å². The molecule has 1 atom stereocenters. The van der Waals surface area contributed by atoms with E-state index in [9.17, 15) is 19.1 Å². The fourth-order valence-corrected chi connectivity index (χ4v) is 4.75. The summed E-state index contributed by atoms with van der Waals surface area (Å²) < 4.78 is 24.8. The Kier molecular flexibility index (Phi) is 7.11. The lowest BCUT2D eigenvalue weighted by Crippen LogP contribution is -2.44. The van der Waals surface area contributed by atoms with Crippen LogP contribution in [-0.2, 0) is 9.53 Å². The van der Waals surface area contributed by atoms with Gasteiger partial charge in [0.1, 0.15) is 17.1 Å². The summed E-state index contributed by atoms with van der Waals surface area (Å²) in [6.45, 7) is -0.207. The number of halogens is 1. The number of carbonyl (C=O) groups excluding carboxylic acids is 1. The number of carboxylic acids is 1. The van der Waals surface area contributed by atoms with Crippen LogP contribution in [0, 0.1) is 5.82 Å². The molecular formula is C27H21FN4O5S. The maximum absolute atomic E-state index is 13.5. The number of carboxylic acid groups (broad SMARTS) is 1. The van der Waals surface area contributed by atoms with E-state index in [1.165, 1.54) is 30.6 Å². The molecule has 2 heterocycles. The van der Waals surface area contributed by atoms with Crippen LogP contribution in [0.5, 0.6) is 0 Å². The summed E-state index contributed by atoms with van der Waals surface area (Å²) in [7, 11) is 1.35. The van der Waals surface area contributed by atoms with Gasteiger partial charge >= 0.3 is 5.97 Å². The van der Waals surface area contributed by atoms with Crippen LogP contribution in [0.4, 0.5) is 15.2 Å². The molecule has 5 rings (SSSR count). The summed E-state index contributed by atoms with van der Waals surface area (Å²) >= 11 is 1.33. The number of methoxy groups -OCH3 is 1. The maximum atomic E-state index is 13.5. The smallest absolute Gasteiger partial charge is 0.328 e. The quantitative estimate of drug-likeness (QED) is 0.233. The number of nitrogens with zero attached hydrogens (tertiary/aromatic N) is 2. The Morgan fingerprint density at radius 1 is 1.08 bits per heavy atom.